The second kappa shape index (κ2) is 8.09. The number of hydrogen-bond acceptors (Lipinski definition) is 2. The van der Waals surface area contributed by atoms with Crippen molar-refractivity contribution in [3.05, 3.63) is 68.7 Å². The molecule has 26 heavy (non-hydrogen) atoms. The van der Waals surface area contributed by atoms with E-state index in [4.69, 9.17) is 17.3 Å². The molecule has 0 saturated carbocycles. The van der Waals surface area contributed by atoms with Crippen LogP contribution in [-0.4, -0.2) is 17.9 Å². The fraction of sp³-hybridized carbons (Fsp3) is 0.176. The third-order valence-corrected chi connectivity index (χ3v) is 4.57. The zero-order valence-corrected chi connectivity index (χ0v) is 15.5. The van der Waals surface area contributed by atoms with E-state index in [1.807, 2.05) is 0 Å². The molecule has 138 valence electrons. The number of nitrogens with one attached hydrogen (secondary N) is 1. The standard InChI is InChI=1S/C17H13BrClF3N2O2/c18-13-6-5-10(19)7-9(13)8-14(15(23)25)24-16(26)11-3-1-2-4-12(11)17(20,21)22/h1-7,14H,8H2,(H2,23,25)(H,24,26)/t14-/m1/s1. The fourth-order valence-electron chi connectivity index (χ4n) is 2.31. The number of carbonyl (C=O) groups excluding carboxylic acids is 2. The molecule has 0 unspecified atom stereocenters. The maximum absolute atomic E-state index is 13.1. The molecule has 2 aromatic rings. The van der Waals surface area contributed by atoms with Gasteiger partial charge in [-0.3, -0.25) is 9.59 Å². The van der Waals surface area contributed by atoms with E-state index in [1.165, 1.54) is 12.1 Å². The summed E-state index contributed by atoms with van der Waals surface area (Å²) in [7, 11) is 0. The summed E-state index contributed by atoms with van der Waals surface area (Å²) in [6.45, 7) is 0. The molecule has 2 aromatic carbocycles. The van der Waals surface area contributed by atoms with Gasteiger partial charge in [0, 0.05) is 15.9 Å². The van der Waals surface area contributed by atoms with Crippen LogP contribution in [0.4, 0.5) is 13.2 Å². The lowest BCUT2D eigenvalue weighted by atomic mass is 10.0. The summed E-state index contributed by atoms with van der Waals surface area (Å²) in [6, 6.07) is 7.93. The summed E-state index contributed by atoms with van der Waals surface area (Å²) in [5.41, 5.74) is 4.19. The van der Waals surface area contributed by atoms with Gasteiger partial charge in [-0.15, -0.1) is 0 Å². The third kappa shape index (κ3) is 4.98. The van der Waals surface area contributed by atoms with Crippen LogP contribution in [0, 0.1) is 0 Å². The van der Waals surface area contributed by atoms with Crippen molar-refractivity contribution in [2.75, 3.05) is 0 Å². The molecule has 4 nitrogen and oxygen atoms in total. The van der Waals surface area contributed by atoms with Crippen molar-refractivity contribution in [1.29, 1.82) is 0 Å². The number of primary amides is 1. The maximum Gasteiger partial charge on any atom is 0.417 e. The monoisotopic (exact) mass is 448 g/mol. The molecule has 9 heteroatoms. The van der Waals surface area contributed by atoms with Crippen molar-refractivity contribution in [1.82, 2.24) is 5.32 Å². The highest BCUT2D eigenvalue weighted by Gasteiger charge is 2.35. The number of carbonyl (C=O) groups is 2. The molecule has 0 fully saturated rings. The summed E-state index contributed by atoms with van der Waals surface area (Å²) in [5.74, 6) is -1.92. The molecule has 0 heterocycles. The Hall–Kier alpha value is -2.06. The van der Waals surface area contributed by atoms with Gasteiger partial charge in [0.15, 0.2) is 0 Å². The van der Waals surface area contributed by atoms with Crippen LogP contribution in [0.2, 0.25) is 5.02 Å². The third-order valence-electron chi connectivity index (χ3n) is 3.56. The minimum Gasteiger partial charge on any atom is -0.368 e. The molecule has 3 N–H and O–H groups in total. The van der Waals surface area contributed by atoms with Crippen LogP contribution in [0.1, 0.15) is 21.5 Å². The Balaban J connectivity index is 2.27. The molecule has 0 spiro atoms. The van der Waals surface area contributed by atoms with Gasteiger partial charge in [0.05, 0.1) is 11.1 Å². The molecule has 2 amide bonds. The second-order valence-electron chi connectivity index (χ2n) is 5.41. The van der Waals surface area contributed by atoms with Crippen LogP contribution in [0.3, 0.4) is 0 Å². The molecule has 0 bridgehead atoms. The van der Waals surface area contributed by atoms with E-state index in [9.17, 15) is 22.8 Å². The number of benzene rings is 2. The predicted octanol–water partition coefficient (Wildman–Crippen LogP) is 3.95. The van der Waals surface area contributed by atoms with Crippen molar-refractivity contribution in [2.24, 2.45) is 5.73 Å². The van der Waals surface area contributed by atoms with Gasteiger partial charge in [0.1, 0.15) is 6.04 Å². The van der Waals surface area contributed by atoms with Crippen molar-refractivity contribution < 1.29 is 22.8 Å². The van der Waals surface area contributed by atoms with Crippen LogP contribution < -0.4 is 11.1 Å². The lowest BCUT2D eigenvalue weighted by molar-refractivity contribution is -0.137. The first kappa shape index (κ1) is 20.3. The Bertz CT molecular complexity index is 843. The molecule has 0 aliphatic carbocycles. The van der Waals surface area contributed by atoms with Crippen molar-refractivity contribution in [2.45, 2.75) is 18.6 Å². The van der Waals surface area contributed by atoms with Crippen LogP contribution >= 0.6 is 27.5 Å². The highest BCUT2D eigenvalue weighted by molar-refractivity contribution is 9.10. The summed E-state index contributed by atoms with van der Waals surface area (Å²) in [4.78, 5) is 24.0. The number of halogens is 5. The Morgan fingerprint density at radius 2 is 1.85 bits per heavy atom. The number of nitrogens with two attached hydrogens (primary N) is 1. The lowest BCUT2D eigenvalue weighted by Gasteiger charge is -2.18. The van der Waals surface area contributed by atoms with E-state index >= 15 is 0 Å². The Kier molecular flexibility index (Phi) is 6.30. The molecular weight excluding hydrogens is 437 g/mol. The minimum absolute atomic E-state index is 0.0313. The quantitative estimate of drug-likeness (QED) is 0.726. The topological polar surface area (TPSA) is 72.2 Å². The Morgan fingerprint density at radius 1 is 1.19 bits per heavy atom. The number of amides is 2. The summed E-state index contributed by atoms with van der Waals surface area (Å²) in [6.07, 6.45) is -4.73. The summed E-state index contributed by atoms with van der Waals surface area (Å²) in [5, 5.41) is 2.67. The van der Waals surface area contributed by atoms with Gasteiger partial charge in [0.2, 0.25) is 5.91 Å². The van der Waals surface area contributed by atoms with E-state index in [-0.39, 0.29) is 6.42 Å². The minimum atomic E-state index is -4.70. The van der Waals surface area contributed by atoms with Gasteiger partial charge in [0.25, 0.3) is 5.91 Å². The highest BCUT2D eigenvalue weighted by Crippen LogP contribution is 2.32. The number of alkyl halides is 3. The average molecular weight is 450 g/mol. The van der Waals surface area contributed by atoms with E-state index in [0.717, 1.165) is 12.1 Å². The molecule has 2 rings (SSSR count). The first-order valence-corrected chi connectivity index (χ1v) is 8.47. The molecule has 0 aliphatic heterocycles. The van der Waals surface area contributed by atoms with Crippen LogP contribution in [0.15, 0.2) is 46.9 Å². The van der Waals surface area contributed by atoms with E-state index < -0.39 is 35.2 Å². The van der Waals surface area contributed by atoms with Gasteiger partial charge in [-0.25, -0.2) is 0 Å². The zero-order valence-electron chi connectivity index (χ0n) is 13.1. The molecule has 0 saturated heterocycles. The lowest BCUT2D eigenvalue weighted by Crippen LogP contribution is -2.46. The highest BCUT2D eigenvalue weighted by atomic mass is 79.9. The Labute approximate surface area is 160 Å². The molecule has 0 radical (unpaired) electrons. The number of hydrogen-bond donors (Lipinski definition) is 2. The molecule has 1 atom stereocenters. The molecule has 0 aliphatic rings. The van der Waals surface area contributed by atoms with Gasteiger partial charge in [-0.2, -0.15) is 13.2 Å². The van der Waals surface area contributed by atoms with E-state index in [1.54, 1.807) is 18.2 Å². The van der Waals surface area contributed by atoms with Gasteiger partial charge >= 0.3 is 6.18 Å². The first-order valence-electron chi connectivity index (χ1n) is 7.30. The normalized spacial score (nSPS) is 12.5. The first-order chi connectivity index (χ1) is 12.1. The van der Waals surface area contributed by atoms with Crippen molar-refractivity contribution >= 4 is 39.3 Å². The fourth-order valence-corrected chi connectivity index (χ4v) is 2.91. The predicted molar refractivity (Wildman–Crippen MR) is 94.7 cm³/mol. The number of rotatable bonds is 5. The van der Waals surface area contributed by atoms with Crippen LogP contribution in [0.5, 0.6) is 0 Å². The van der Waals surface area contributed by atoms with Crippen LogP contribution in [-0.2, 0) is 17.4 Å². The molecule has 0 aromatic heterocycles. The van der Waals surface area contributed by atoms with Gasteiger partial charge in [-0.05, 0) is 35.9 Å². The van der Waals surface area contributed by atoms with Gasteiger partial charge < -0.3 is 11.1 Å². The molecular formula is C17H13BrClF3N2O2. The zero-order chi connectivity index (χ0) is 19.5. The largest absolute Gasteiger partial charge is 0.417 e. The van der Waals surface area contributed by atoms with Crippen molar-refractivity contribution in [3.63, 3.8) is 0 Å². The summed E-state index contributed by atoms with van der Waals surface area (Å²) >= 11 is 9.19. The Morgan fingerprint density at radius 3 is 2.46 bits per heavy atom. The second-order valence-corrected chi connectivity index (χ2v) is 6.70. The van der Waals surface area contributed by atoms with E-state index in [2.05, 4.69) is 21.2 Å². The van der Waals surface area contributed by atoms with Gasteiger partial charge in [-0.1, -0.05) is 39.7 Å². The van der Waals surface area contributed by atoms with Crippen LogP contribution in [0.25, 0.3) is 0 Å². The van der Waals surface area contributed by atoms with E-state index in [0.29, 0.717) is 15.1 Å². The maximum atomic E-state index is 13.1. The SMILES string of the molecule is NC(=O)[C@@H](Cc1cc(Cl)ccc1Br)NC(=O)c1ccccc1C(F)(F)F. The smallest absolute Gasteiger partial charge is 0.368 e. The van der Waals surface area contributed by atoms with Crippen molar-refractivity contribution in [3.8, 4) is 0 Å². The summed E-state index contributed by atoms with van der Waals surface area (Å²) < 4.78 is 39.8. The average Bonchev–Trinajstić information content (AvgIpc) is 2.56.